The quantitative estimate of drug-likeness (QED) is 0.387. The zero-order chi connectivity index (χ0) is 16.8. The van der Waals surface area contributed by atoms with Crippen LogP contribution in [0.4, 0.5) is 0 Å². The zero-order valence-corrected chi connectivity index (χ0v) is 15.6. The summed E-state index contributed by atoms with van der Waals surface area (Å²) in [4.78, 5) is 12.2. The Morgan fingerprint density at radius 1 is 1.28 bits per heavy atom. The number of rotatable bonds is 3. The topological polar surface area (TPSA) is 43.1 Å². The molecule has 0 fully saturated rings. The highest BCUT2D eigenvalue weighted by Crippen LogP contribution is 2.39. The number of nitrogens with zero attached hydrogens (tertiary/aromatic N) is 4. The third-order valence-corrected chi connectivity index (χ3v) is 7.04. The van der Waals surface area contributed by atoms with E-state index < -0.39 is 0 Å². The van der Waals surface area contributed by atoms with Crippen molar-refractivity contribution in [3.05, 3.63) is 52.7 Å². The fraction of sp³-hybridized carbons (Fsp3) is 0.316. The van der Waals surface area contributed by atoms with E-state index in [0.29, 0.717) is 0 Å². The number of thioether (sulfide) groups is 1. The van der Waals surface area contributed by atoms with Crippen LogP contribution in [0, 0.1) is 5.92 Å². The molecule has 5 rings (SSSR count). The highest BCUT2D eigenvalue weighted by molar-refractivity contribution is 7.98. The second-order valence-corrected chi connectivity index (χ2v) is 8.72. The van der Waals surface area contributed by atoms with Gasteiger partial charge in [-0.3, -0.25) is 0 Å². The molecule has 0 saturated heterocycles. The van der Waals surface area contributed by atoms with Crippen LogP contribution in [0.3, 0.4) is 0 Å². The molecule has 0 spiro atoms. The molecule has 0 amide bonds. The predicted octanol–water partition coefficient (Wildman–Crippen LogP) is 4.76. The number of aryl methyl sites for hydroxylation is 1. The van der Waals surface area contributed by atoms with Gasteiger partial charge in [-0.2, -0.15) is 9.61 Å². The number of hydrogen-bond donors (Lipinski definition) is 0. The van der Waals surface area contributed by atoms with Gasteiger partial charge in [0.2, 0.25) is 0 Å². The van der Waals surface area contributed by atoms with Crippen molar-refractivity contribution in [3.8, 4) is 0 Å². The van der Waals surface area contributed by atoms with Gasteiger partial charge in [0.15, 0.2) is 10.8 Å². The fourth-order valence-corrected chi connectivity index (χ4v) is 5.72. The van der Waals surface area contributed by atoms with Crippen LogP contribution in [0.5, 0.6) is 0 Å². The summed E-state index contributed by atoms with van der Waals surface area (Å²) in [6.07, 6.45) is 5.23. The first-order valence-electron chi connectivity index (χ1n) is 8.60. The van der Waals surface area contributed by atoms with E-state index in [1.807, 2.05) is 21.9 Å². The van der Waals surface area contributed by atoms with Crippen molar-refractivity contribution in [2.45, 2.75) is 37.1 Å². The number of hydrogen-bond acceptors (Lipinski definition) is 5. The maximum Gasteiger partial charge on any atom is 0.192 e. The van der Waals surface area contributed by atoms with Crippen LogP contribution in [0.15, 0.2) is 41.8 Å². The van der Waals surface area contributed by atoms with Crippen LogP contribution >= 0.6 is 23.1 Å². The maximum atomic E-state index is 4.96. The highest BCUT2D eigenvalue weighted by atomic mass is 32.2. The van der Waals surface area contributed by atoms with E-state index >= 15 is 0 Å². The van der Waals surface area contributed by atoms with Gasteiger partial charge < -0.3 is 0 Å². The summed E-state index contributed by atoms with van der Waals surface area (Å²) in [6.45, 7) is 2.34. The van der Waals surface area contributed by atoms with Gasteiger partial charge in [-0.1, -0.05) is 49.0 Å². The van der Waals surface area contributed by atoms with Crippen LogP contribution in [-0.4, -0.2) is 19.6 Å². The lowest BCUT2D eigenvalue weighted by atomic mass is 9.89. The standard InChI is InChI=1S/C19H18N4S2/c1-12-7-8-15-14(9-12)16-17-20-11-21-23(17)19(22-18(16)25-15)24-10-13-5-3-2-4-6-13/h2-6,11-12H,7-10H2,1H3. The van der Waals surface area contributed by atoms with Crippen LogP contribution in [0.2, 0.25) is 0 Å². The normalized spacial score (nSPS) is 17.2. The van der Waals surface area contributed by atoms with E-state index in [1.165, 1.54) is 34.2 Å². The molecule has 0 saturated carbocycles. The molecule has 126 valence electrons. The number of benzene rings is 1. The van der Waals surface area contributed by atoms with Gasteiger partial charge in [0.05, 0.1) is 5.39 Å². The van der Waals surface area contributed by atoms with E-state index in [0.717, 1.165) is 33.7 Å². The second-order valence-electron chi connectivity index (χ2n) is 6.70. The predicted molar refractivity (Wildman–Crippen MR) is 103 cm³/mol. The Hall–Kier alpha value is -1.92. The van der Waals surface area contributed by atoms with Crippen molar-refractivity contribution in [3.63, 3.8) is 0 Å². The van der Waals surface area contributed by atoms with E-state index in [4.69, 9.17) is 4.98 Å². The molecule has 1 aliphatic carbocycles. The monoisotopic (exact) mass is 366 g/mol. The number of aromatic nitrogens is 4. The van der Waals surface area contributed by atoms with Gasteiger partial charge in [0.25, 0.3) is 0 Å². The Morgan fingerprint density at radius 3 is 3.04 bits per heavy atom. The van der Waals surface area contributed by atoms with E-state index in [-0.39, 0.29) is 0 Å². The Labute approximate surface area is 154 Å². The fourth-order valence-electron chi connectivity index (χ4n) is 3.55. The summed E-state index contributed by atoms with van der Waals surface area (Å²) in [6, 6.07) is 10.5. The average molecular weight is 367 g/mol. The van der Waals surface area contributed by atoms with Crippen molar-refractivity contribution < 1.29 is 0 Å². The Morgan fingerprint density at radius 2 is 2.16 bits per heavy atom. The minimum absolute atomic E-state index is 0.736. The molecule has 1 unspecified atom stereocenters. The minimum atomic E-state index is 0.736. The van der Waals surface area contributed by atoms with Crippen LogP contribution in [0.25, 0.3) is 15.9 Å². The zero-order valence-electron chi connectivity index (χ0n) is 14.0. The summed E-state index contributed by atoms with van der Waals surface area (Å²) in [7, 11) is 0. The van der Waals surface area contributed by atoms with Crippen molar-refractivity contribution in [2.75, 3.05) is 0 Å². The summed E-state index contributed by atoms with van der Waals surface area (Å²) >= 11 is 3.58. The van der Waals surface area contributed by atoms with E-state index in [1.54, 1.807) is 18.1 Å². The van der Waals surface area contributed by atoms with Gasteiger partial charge in [-0.15, -0.1) is 11.3 Å². The Bertz CT molecular complexity index is 1050. The summed E-state index contributed by atoms with van der Waals surface area (Å²) in [5.74, 6) is 1.62. The molecule has 0 bridgehead atoms. The first-order chi connectivity index (χ1) is 12.3. The lowest BCUT2D eigenvalue weighted by Gasteiger charge is -2.17. The number of fused-ring (bicyclic) bond motifs is 5. The molecular formula is C19H18N4S2. The number of thiophene rings is 1. The molecule has 1 aliphatic rings. The summed E-state index contributed by atoms with van der Waals surface area (Å²) in [5.41, 5.74) is 3.72. The van der Waals surface area contributed by atoms with Crippen molar-refractivity contribution >= 4 is 39.0 Å². The SMILES string of the molecule is CC1CCc2sc3nc(SCc4ccccc4)n4ncnc4c3c2C1. The summed E-state index contributed by atoms with van der Waals surface area (Å²) in [5, 5.41) is 6.61. The molecule has 25 heavy (non-hydrogen) atoms. The van der Waals surface area contributed by atoms with Crippen molar-refractivity contribution in [2.24, 2.45) is 5.92 Å². The second kappa shape index (κ2) is 6.11. The smallest absolute Gasteiger partial charge is 0.192 e. The third-order valence-electron chi connectivity index (χ3n) is 4.85. The van der Waals surface area contributed by atoms with Gasteiger partial charge in [-0.05, 0) is 36.3 Å². The Balaban J connectivity index is 1.61. The molecule has 4 nitrogen and oxygen atoms in total. The molecular weight excluding hydrogens is 348 g/mol. The van der Waals surface area contributed by atoms with Crippen LogP contribution in [-0.2, 0) is 18.6 Å². The lowest BCUT2D eigenvalue weighted by Crippen LogP contribution is -2.09. The molecule has 1 atom stereocenters. The first-order valence-corrected chi connectivity index (χ1v) is 10.4. The summed E-state index contributed by atoms with van der Waals surface area (Å²) < 4.78 is 1.92. The lowest BCUT2D eigenvalue weighted by molar-refractivity contribution is 0.508. The van der Waals surface area contributed by atoms with Gasteiger partial charge >= 0.3 is 0 Å². The minimum Gasteiger partial charge on any atom is -0.214 e. The average Bonchev–Trinajstić information content (AvgIpc) is 3.24. The van der Waals surface area contributed by atoms with E-state index in [2.05, 4.69) is 41.3 Å². The largest absolute Gasteiger partial charge is 0.214 e. The van der Waals surface area contributed by atoms with Gasteiger partial charge in [0.1, 0.15) is 11.2 Å². The van der Waals surface area contributed by atoms with E-state index in [9.17, 15) is 0 Å². The van der Waals surface area contributed by atoms with Crippen LogP contribution in [0.1, 0.15) is 29.3 Å². The van der Waals surface area contributed by atoms with Crippen molar-refractivity contribution in [1.82, 2.24) is 19.6 Å². The highest BCUT2D eigenvalue weighted by Gasteiger charge is 2.24. The molecule has 3 heterocycles. The first kappa shape index (κ1) is 15.3. The van der Waals surface area contributed by atoms with Crippen molar-refractivity contribution in [1.29, 1.82) is 0 Å². The van der Waals surface area contributed by atoms with Crippen LogP contribution < -0.4 is 0 Å². The Kier molecular flexibility index (Phi) is 3.75. The molecule has 3 aromatic heterocycles. The maximum absolute atomic E-state index is 4.96. The molecule has 4 aromatic rings. The molecule has 0 N–H and O–H groups in total. The molecule has 0 radical (unpaired) electrons. The van der Waals surface area contributed by atoms with Gasteiger partial charge in [0, 0.05) is 10.6 Å². The third kappa shape index (κ3) is 2.64. The molecule has 6 heteroatoms. The molecule has 1 aromatic carbocycles. The molecule has 0 aliphatic heterocycles. The van der Waals surface area contributed by atoms with Gasteiger partial charge in [-0.25, -0.2) is 9.97 Å².